The van der Waals surface area contributed by atoms with Crippen molar-refractivity contribution < 1.29 is 18.7 Å². The summed E-state index contributed by atoms with van der Waals surface area (Å²) in [5, 5.41) is 11.8. The quantitative estimate of drug-likeness (QED) is 0.860. The van der Waals surface area contributed by atoms with Gasteiger partial charge in [-0.15, -0.1) is 0 Å². The number of hydrogen-bond acceptors (Lipinski definition) is 4. The number of carbonyl (C=O) groups excluding carboxylic acids is 2. The van der Waals surface area contributed by atoms with E-state index in [2.05, 4.69) is 5.32 Å². The molecular weight excluding hydrogens is 289 g/mol. The van der Waals surface area contributed by atoms with Gasteiger partial charge in [-0.3, -0.25) is 10.1 Å². The Labute approximate surface area is 127 Å². The van der Waals surface area contributed by atoms with E-state index >= 15 is 0 Å². The van der Waals surface area contributed by atoms with E-state index in [-0.39, 0.29) is 5.56 Å². The first-order valence-electron chi connectivity index (χ1n) is 6.61. The van der Waals surface area contributed by atoms with Crippen LogP contribution in [0.3, 0.4) is 0 Å². The second-order valence-corrected chi connectivity index (χ2v) is 6.01. The molecule has 0 radical (unpaired) electrons. The van der Waals surface area contributed by atoms with Crippen molar-refractivity contribution >= 4 is 17.7 Å². The standard InChI is InChI=1S/C15H16FN3O3/c1-14(2,3)22-13(21)18-15(8-17)10-7-9(16)5-6-11(10)19(4)12(15)20/h5-7H,1-4H3,(H,18,21). The minimum atomic E-state index is -1.99. The van der Waals surface area contributed by atoms with Gasteiger partial charge in [0.2, 0.25) is 5.54 Å². The molecule has 0 saturated heterocycles. The van der Waals surface area contributed by atoms with Crippen LogP contribution in [-0.4, -0.2) is 24.6 Å². The molecule has 1 aliphatic heterocycles. The molecule has 6 nitrogen and oxygen atoms in total. The lowest BCUT2D eigenvalue weighted by atomic mass is 9.93. The number of fused-ring (bicyclic) bond motifs is 1. The fourth-order valence-corrected chi connectivity index (χ4v) is 2.29. The van der Waals surface area contributed by atoms with Gasteiger partial charge in [0.05, 0.1) is 5.69 Å². The van der Waals surface area contributed by atoms with E-state index in [9.17, 15) is 19.2 Å². The molecular formula is C15H16FN3O3. The zero-order valence-electron chi connectivity index (χ0n) is 12.7. The third-order valence-corrected chi connectivity index (χ3v) is 3.21. The van der Waals surface area contributed by atoms with Crippen LogP contribution in [-0.2, 0) is 15.1 Å². The highest BCUT2D eigenvalue weighted by Crippen LogP contribution is 2.39. The SMILES string of the molecule is CN1C(=O)C(C#N)(NC(=O)OC(C)(C)C)c2cc(F)ccc21. The van der Waals surface area contributed by atoms with Gasteiger partial charge in [0.1, 0.15) is 17.5 Å². The predicted octanol–water partition coefficient (Wildman–Crippen LogP) is 2.05. The predicted molar refractivity (Wildman–Crippen MR) is 76.5 cm³/mol. The first-order valence-corrected chi connectivity index (χ1v) is 6.61. The molecule has 0 spiro atoms. The number of alkyl carbamates (subject to hydrolysis) is 1. The Morgan fingerprint density at radius 1 is 1.45 bits per heavy atom. The van der Waals surface area contributed by atoms with Gasteiger partial charge in [-0.05, 0) is 39.0 Å². The summed E-state index contributed by atoms with van der Waals surface area (Å²) in [6.45, 7) is 4.96. The summed E-state index contributed by atoms with van der Waals surface area (Å²) in [6, 6.07) is 5.43. The van der Waals surface area contributed by atoms with Gasteiger partial charge in [0, 0.05) is 12.6 Å². The molecule has 116 valence electrons. The number of halogens is 1. The van der Waals surface area contributed by atoms with Gasteiger partial charge in [-0.25, -0.2) is 9.18 Å². The molecule has 0 bridgehead atoms. The van der Waals surface area contributed by atoms with Crippen LogP contribution in [0, 0.1) is 17.1 Å². The Balaban J connectivity index is 2.47. The lowest BCUT2D eigenvalue weighted by Crippen LogP contribution is -2.52. The number of carbonyl (C=O) groups is 2. The Morgan fingerprint density at radius 2 is 2.09 bits per heavy atom. The Hall–Kier alpha value is -2.62. The van der Waals surface area contributed by atoms with E-state index in [1.165, 1.54) is 24.1 Å². The molecule has 0 fully saturated rings. The summed E-state index contributed by atoms with van der Waals surface area (Å²) in [4.78, 5) is 25.6. The fourth-order valence-electron chi connectivity index (χ4n) is 2.29. The van der Waals surface area contributed by atoms with Crippen LogP contribution in [0.25, 0.3) is 0 Å². The molecule has 1 atom stereocenters. The molecule has 0 aromatic heterocycles. The number of rotatable bonds is 1. The maximum Gasteiger partial charge on any atom is 0.409 e. The summed E-state index contributed by atoms with van der Waals surface area (Å²) in [6.07, 6.45) is -0.923. The number of nitriles is 1. The van der Waals surface area contributed by atoms with Gasteiger partial charge in [-0.2, -0.15) is 5.26 Å². The van der Waals surface area contributed by atoms with Crippen molar-refractivity contribution in [2.75, 3.05) is 11.9 Å². The average molecular weight is 305 g/mol. The van der Waals surface area contributed by atoms with Gasteiger partial charge >= 0.3 is 6.09 Å². The molecule has 1 N–H and O–H groups in total. The number of ether oxygens (including phenoxy) is 1. The number of hydrogen-bond donors (Lipinski definition) is 1. The molecule has 1 heterocycles. The molecule has 2 amide bonds. The third-order valence-electron chi connectivity index (χ3n) is 3.21. The van der Waals surface area contributed by atoms with Crippen LogP contribution >= 0.6 is 0 Å². The van der Waals surface area contributed by atoms with Crippen LogP contribution in [0.1, 0.15) is 26.3 Å². The van der Waals surface area contributed by atoms with Crippen molar-refractivity contribution in [1.82, 2.24) is 5.32 Å². The molecule has 1 aromatic rings. The number of nitrogens with one attached hydrogen (secondary N) is 1. The van der Waals surface area contributed by atoms with Crippen molar-refractivity contribution in [2.45, 2.75) is 31.9 Å². The lowest BCUT2D eigenvalue weighted by Gasteiger charge is -2.25. The lowest BCUT2D eigenvalue weighted by molar-refractivity contribution is -0.122. The smallest absolute Gasteiger partial charge is 0.409 e. The third kappa shape index (κ3) is 2.48. The van der Waals surface area contributed by atoms with Crippen molar-refractivity contribution in [3.05, 3.63) is 29.6 Å². The zero-order valence-corrected chi connectivity index (χ0v) is 12.7. The molecule has 2 rings (SSSR count). The maximum atomic E-state index is 13.5. The molecule has 1 aliphatic rings. The highest BCUT2D eigenvalue weighted by molar-refractivity contribution is 6.10. The first kappa shape index (κ1) is 15.8. The number of nitrogens with zero attached hydrogens (tertiary/aromatic N) is 2. The highest BCUT2D eigenvalue weighted by Gasteiger charge is 2.52. The van der Waals surface area contributed by atoms with E-state index in [0.29, 0.717) is 5.69 Å². The van der Waals surface area contributed by atoms with E-state index in [1.54, 1.807) is 26.8 Å². The van der Waals surface area contributed by atoms with E-state index < -0.39 is 29.0 Å². The number of anilines is 1. The van der Waals surface area contributed by atoms with Gasteiger partial charge in [-0.1, -0.05) is 0 Å². The monoisotopic (exact) mass is 305 g/mol. The van der Waals surface area contributed by atoms with Crippen LogP contribution in [0.4, 0.5) is 14.9 Å². The summed E-state index contributed by atoms with van der Waals surface area (Å²) in [5.41, 5.74) is -2.33. The number of amides is 2. The van der Waals surface area contributed by atoms with Crippen LogP contribution in [0.5, 0.6) is 0 Å². The zero-order chi connectivity index (χ0) is 16.7. The highest BCUT2D eigenvalue weighted by atomic mass is 19.1. The number of likely N-dealkylation sites (N-methyl/N-ethyl adjacent to an activating group) is 1. The molecule has 0 aliphatic carbocycles. The Kier molecular flexibility index (Phi) is 3.57. The minimum Gasteiger partial charge on any atom is -0.444 e. The molecule has 0 saturated carbocycles. The molecule has 7 heteroatoms. The molecule has 1 unspecified atom stereocenters. The van der Waals surface area contributed by atoms with E-state index in [0.717, 1.165) is 6.07 Å². The maximum absolute atomic E-state index is 13.5. The van der Waals surface area contributed by atoms with Crippen LogP contribution in [0.15, 0.2) is 18.2 Å². The van der Waals surface area contributed by atoms with E-state index in [4.69, 9.17) is 4.74 Å². The second-order valence-electron chi connectivity index (χ2n) is 6.01. The normalized spacial score (nSPS) is 20.4. The minimum absolute atomic E-state index is 0.0911. The topological polar surface area (TPSA) is 82.4 Å². The van der Waals surface area contributed by atoms with Gasteiger partial charge in [0.15, 0.2) is 0 Å². The summed E-state index contributed by atoms with van der Waals surface area (Å²) in [7, 11) is 1.45. The largest absolute Gasteiger partial charge is 0.444 e. The van der Waals surface area contributed by atoms with Gasteiger partial charge < -0.3 is 9.64 Å². The summed E-state index contributed by atoms with van der Waals surface area (Å²) < 4.78 is 18.6. The van der Waals surface area contributed by atoms with Gasteiger partial charge in [0.25, 0.3) is 5.91 Å². The second kappa shape index (κ2) is 4.98. The Bertz CT molecular complexity index is 690. The van der Waals surface area contributed by atoms with Crippen molar-refractivity contribution in [2.24, 2.45) is 0 Å². The van der Waals surface area contributed by atoms with Crippen molar-refractivity contribution in [3.63, 3.8) is 0 Å². The summed E-state index contributed by atoms with van der Waals surface area (Å²) in [5.74, 6) is -1.27. The average Bonchev–Trinajstić information content (AvgIpc) is 2.59. The van der Waals surface area contributed by atoms with Crippen LogP contribution < -0.4 is 10.2 Å². The van der Waals surface area contributed by atoms with Crippen LogP contribution in [0.2, 0.25) is 0 Å². The van der Waals surface area contributed by atoms with E-state index in [1.807, 2.05) is 0 Å². The molecule has 22 heavy (non-hydrogen) atoms. The number of benzene rings is 1. The Morgan fingerprint density at radius 3 is 2.64 bits per heavy atom. The first-order chi connectivity index (χ1) is 10.1. The summed E-state index contributed by atoms with van der Waals surface area (Å²) >= 11 is 0. The van der Waals surface area contributed by atoms with Crippen molar-refractivity contribution in [1.29, 1.82) is 5.26 Å². The molecule has 1 aromatic carbocycles. The fraction of sp³-hybridized carbons (Fsp3) is 0.400. The van der Waals surface area contributed by atoms with Crippen molar-refractivity contribution in [3.8, 4) is 6.07 Å².